The molecule has 4 N–H and O–H groups in total. The van der Waals surface area contributed by atoms with Gasteiger partial charge in [-0.05, 0) is 12.1 Å². The van der Waals surface area contributed by atoms with E-state index in [1.807, 2.05) is 17.0 Å². The van der Waals surface area contributed by atoms with E-state index >= 15 is 0 Å². The summed E-state index contributed by atoms with van der Waals surface area (Å²) < 4.78 is 5.48. The van der Waals surface area contributed by atoms with Gasteiger partial charge in [0.05, 0.1) is 24.9 Å². The maximum atomic E-state index is 9.45. The monoisotopic (exact) mass is 224 g/mol. The van der Waals surface area contributed by atoms with Crippen LogP contribution < -0.4 is 15.4 Å². The summed E-state index contributed by atoms with van der Waals surface area (Å²) in [5.41, 5.74) is 7.32. The molecule has 16 heavy (non-hydrogen) atoms. The van der Waals surface area contributed by atoms with E-state index in [4.69, 9.17) is 15.6 Å². The topological polar surface area (TPSA) is 79.0 Å². The van der Waals surface area contributed by atoms with E-state index in [1.165, 1.54) is 0 Å². The summed E-state index contributed by atoms with van der Waals surface area (Å²) in [7, 11) is 0. The van der Waals surface area contributed by atoms with Gasteiger partial charge in [-0.25, -0.2) is 0 Å². The Hall–Kier alpha value is -1.46. The summed E-state index contributed by atoms with van der Waals surface area (Å²) >= 11 is 0. The maximum Gasteiger partial charge on any atom is 0.144 e. The normalized spacial score (nSPS) is 16.5. The number of rotatable bonds is 3. The van der Waals surface area contributed by atoms with Crippen molar-refractivity contribution in [3.63, 3.8) is 0 Å². The largest absolute Gasteiger partial charge is 0.489 e. The highest BCUT2D eigenvalue weighted by molar-refractivity contribution is 5.75. The summed E-state index contributed by atoms with van der Waals surface area (Å²) in [4.78, 5) is 1.94. The minimum atomic E-state index is -0.759. The van der Waals surface area contributed by atoms with Gasteiger partial charge in [0.25, 0.3) is 0 Å². The first-order valence-corrected chi connectivity index (χ1v) is 5.27. The summed E-state index contributed by atoms with van der Waals surface area (Å²) in [5, 5.41) is 18.3. The number of benzene rings is 1. The van der Waals surface area contributed by atoms with Gasteiger partial charge in [-0.2, -0.15) is 0 Å². The molecule has 0 fully saturated rings. The highest BCUT2D eigenvalue weighted by atomic mass is 16.5. The van der Waals surface area contributed by atoms with Crippen LogP contribution in [0.4, 0.5) is 11.4 Å². The fourth-order valence-corrected chi connectivity index (χ4v) is 1.87. The van der Waals surface area contributed by atoms with Gasteiger partial charge >= 0.3 is 0 Å². The lowest BCUT2D eigenvalue weighted by atomic mass is 10.2. The number of fused-ring (bicyclic) bond motifs is 1. The molecule has 1 unspecified atom stereocenters. The van der Waals surface area contributed by atoms with Gasteiger partial charge < -0.3 is 25.6 Å². The molecule has 5 nitrogen and oxygen atoms in total. The van der Waals surface area contributed by atoms with Gasteiger partial charge in [0.2, 0.25) is 0 Å². The first-order chi connectivity index (χ1) is 7.72. The van der Waals surface area contributed by atoms with E-state index < -0.39 is 6.10 Å². The molecule has 88 valence electrons. The SMILES string of the molecule is Nc1cccc2c1N(CC(O)CO)CCO2. The summed E-state index contributed by atoms with van der Waals surface area (Å²) in [5.74, 6) is 0.733. The third kappa shape index (κ3) is 2.05. The van der Waals surface area contributed by atoms with Crippen molar-refractivity contribution >= 4 is 11.4 Å². The Kier molecular flexibility index (Phi) is 3.17. The molecular formula is C11H16N2O3. The zero-order valence-electron chi connectivity index (χ0n) is 8.97. The Labute approximate surface area is 94.1 Å². The van der Waals surface area contributed by atoms with Crippen LogP contribution in [-0.2, 0) is 0 Å². The Morgan fingerprint density at radius 3 is 3.06 bits per heavy atom. The Bertz CT molecular complexity index is 370. The predicted molar refractivity (Wildman–Crippen MR) is 61.7 cm³/mol. The number of anilines is 2. The molecule has 1 aliphatic heterocycles. The maximum absolute atomic E-state index is 9.45. The average molecular weight is 224 g/mol. The lowest BCUT2D eigenvalue weighted by Crippen LogP contribution is -2.40. The number of nitrogens with zero attached hydrogens (tertiary/aromatic N) is 1. The molecule has 1 aromatic carbocycles. The summed E-state index contributed by atoms with van der Waals surface area (Å²) in [6.45, 7) is 1.34. The van der Waals surface area contributed by atoms with Gasteiger partial charge in [0.1, 0.15) is 18.0 Å². The van der Waals surface area contributed by atoms with Crippen LogP contribution >= 0.6 is 0 Å². The van der Waals surface area contributed by atoms with Gasteiger partial charge in [-0.3, -0.25) is 0 Å². The van der Waals surface area contributed by atoms with Gasteiger partial charge in [0, 0.05) is 6.54 Å². The van der Waals surface area contributed by atoms with Crippen LogP contribution in [0.3, 0.4) is 0 Å². The highest BCUT2D eigenvalue weighted by Crippen LogP contribution is 2.36. The number of aliphatic hydroxyl groups is 2. The number of para-hydroxylation sites is 1. The van der Waals surface area contributed by atoms with E-state index in [-0.39, 0.29) is 6.61 Å². The van der Waals surface area contributed by atoms with Crippen LogP contribution in [0.2, 0.25) is 0 Å². The van der Waals surface area contributed by atoms with Crippen LogP contribution in [-0.4, -0.2) is 42.6 Å². The summed E-state index contributed by atoms with van der Waals surface area (Å²) in [6, 6.07) is 5.48. The molecule has 5 heteroatoms. The third-order valence-electron chi connectivity index (χ3n) is 2.61. The van der Waals surface area contributed by atoms with Crippen LogP contribution in [0.5, 0.6) is 5.75 Å². The number of hydrogen-bond acceptors (Lipinski definition) is 5. The quantitative estimate of drug-likeness (QED) is 0.621. The second-order valence-electron chi connectivity index (χ2n) is 3.82. The van der Waals surface area contributed by atoms with Gasteiger partial charge in [-0.15, -0.1) is 0 Å². The molecule has 0 bridgehead atoms. The fraction of sp³-hybridized carbons (Fsp3) is 0.455. The van der Waals surface area contributed by atoms with Crippen molar-refractivity contribution in [2.75, 3.05) is 36.9 Å². The van der Waals surface area contributed by atoms with E-state index in [9.17, 15) is 5.11 Å². The Morgan fingerprint density at radius 1 is 1.50 bits per heavy atom. The Morgan fingerprint density at radius 2 is 2.31 bits per heavy atom. The number of β-amino-alcohol motifs (C(OH)–C–C–N with tert-alkyl or cyclic N) is 1. The van der Waals surface area contributed by atoms with Crippen molar-refractivity contribution in [3.8, 4) is 5.75 Å². The third-order valence-corrected chi connectivity index (χ3v) is 2.61. The van der Waals surface area contributed by atoms with Crippen molar-refractivity contribution in [2.24, 2.45) is 0 Å². The van der Waals surface area contributed by atoms with Crippen molar-refractivity contribution in [2.45, 2.75) is 6.10 Å². The molecule has 0 aliphatic carbocycles. The Balaban J connectivity index is 2.25. The molecule has 0 saturated heterocycles. The molecule has 1 heterocycles. The van der Waals surface area contributed by atoms with Crippen molar-refractivity contribution < 1.29 is 14.9 Å². The highest BCUT2D eigenvalue weighted by Gasteiger charge is 2.22. The number of nitrogens with two attached hydrogens (primary N) is 1. The van der Waals surface area contributed by atoms with Crippen LogP contribution in [0.25, 0.3) is 0 Å². The van der Waals surface area contributed by atoms with Crippen molar-refractivity contribution in [3.05, 3.63) is 18.2 Å². The van der Waals surface area contributed by atoms with Crippen molar-refractivity contribution in [1.82, 2.24) is 0 Å². The first kappa shape index (κ1) is 11.0. The fourth-order valence-electron chi connectivity index (χ4n) is 1.87. The van der Waals surface area contributed by atoms with E-state index in [2.05, 4.69) is 0 Å². The molecule has 0 saturated carbocycles. The standard InChI is InChI=1S/C11H16N2O3/c12-9-2-1-3-10-11(9)13(4-5-16-10)6-8(15)7-14/h1-3,8,14-15H,4-7,12H2. The molecule has 0 amide bonds. The minimum absolute atomic E-state index is 0.251. The zero-order chi connectivity index (χ0) is 11.5. The van der Waals surface area contributed by atoms with Gasteiger partial charge in [0.15, 0.2) is 0 Å². The van der Waals surface area contributed by atoms with Crippen LogP contribution in [0.15, 0.2) is 18.2 Å². The molecule has 1 aliphatic rings. The van der Waals surface area contributed by atoms with Crippen LogP contribution in [0.1, 0.15) is 0 Å². The summed E-state index contributed by atoms with van der Waals surface area (Å²) in [6.07, 6.45) is -0.759. The second kappa shape index (κ2) is 4.59. The van der Waals surface area contributed by atoms with E-state index in [0.29, 0.717) is 25.4 Å². The van der Waals surface area contributed by atoms with E-state index in [0.717, 1.165) is 11.4 Å². The van der Waals surface area contributed by atoms with Crippen LogP contribution in [0, 0.1) is 0 Å². The second-order valence-corrected chi connectivity index (χ2v) is 3.82. The lowest BCUT2D eigenvalue weighted by molar-refractivity contribution is 0.0984. The zero-order valence-corrected chi connectivity index (χ0v) is 8.97. The number of hydrogen-bond donors (Lipinski definition) is 3. The van der Waals surface area contributed by atoms with Crippen molar-refractivity contribution in [1.29, 1.82) is 0 Å². The number of aliphatic hydroxyl groups excluding tert-OH is 2. The molecule has 0 spiro atoms. The molecule has 1 atom stereocenters. The number of nitrogen functional groups attached to an aromatic ring is 1. The molecular weight excluding hydrogens is 208 g/mol. The van der Waals surface area contributed by atoms with E-state index in [1.54, 1.807) is 6.07 Å². The smallest absolute Gasteiger partial charge is 0.144 e. The predicted octanol–water partition coefficient (Wildman–Crippen LogP) is -0.179. The van der Waals surface area contributed by atoms with Gasteiger partial charge in [-0.1, -0.05) is 6.07 Å². The minimum Gasteiger partial charge on any atom is -0.489 e. The number of ether oxygens (including phenoxy) is 1. The molecule has 2 rings (SSSR count). The molecule has 1 aromatic rings. The first-order valence-electron chi connectivity index (χ1n) is 5.27. The molecule has 0 aromatic heterocycles. The molecule has 0 radical (unpaired) electrons. The lowest BCUT2D eigenvalue weighted by Gasteiger charge is -2.33. The average Bonchev–Trinajstić information content (AvgIpc) is 2.29.